The fraction of sp³-hybridized carbons (Fsp3) is 0.412. The maximum Gasteiger partial charge on any atom is 0.253 e. The summed E-state index contributed by atoms with van der Waals surface area (Å²) in [4.78, 5) is 27.3. The molecule has 6 nitrogen and oxygen atoms in total. The number of nitrogens with zero attached hydrogens (tertiary/aromatic N) is 4. The highest BCUT2D eigenvalue weighted by molar-refractivity contribution is 5.95. The Hall–Kier alpha value is -2.50. The fourth-order valence-corrected chi connectivity index (χ4v) is 2.90. The third-order valence-corrected chi connectivity index (χ3v) is 4.12. The van der Waals surface area contributed by atoms with Crippen LogP contribution >= 0.6 is 0 Å². The molecule has 1 saturated heterocycles. The first kappa shape index (κ1) is 15.4. The number of pyridine rings is 1. The van der Waals surface area contributed by atoms with E-state index < -0.39 is 0 Å². The number of carbonyl (C=O) groups is 1. The van der Waals surface area contributed by atoms with Crippen molar-refractivity contribution in [2.45, 2.75) is 32.7 Å². The topological polar surface area (TPSA) is 71.0 Å². The van der Waals surface area contributed by atoms with E-state index in [0.717, 1.165) is 43.1 Å². The van der Waals surface area contributed by atoms with E-state index in [-0.39, 0.29) is 11.9 Å². The van der Waals surface area contributed by atoms with Gasteiger partial charge in [0.1, 0.15) is 12.1 Å². The molecule has 1 amide bonds. The molecule has 0 saturated carbocycles. The number of carbonyl (C=O) groups excluding carboxylic acids is 1. The average molecular weight is 311 g/mol. The van der Waals surface area contributed by atoms with Gasteiger partial charge in [0.25, 0.3) is 5.91 Å². The quantitative estimate of drug-likeness (QED) is 0.937. The highest BCUT2D eigenvalue weighted by Gasteiger charge is 2.23. The Morgan fingerprint density at radius 2 is 2.17 bits per heavy atom. The summed E-state index contributed by atoms with van der Waals surface area (Å²) < 4.78 is 0. The van der Waals surface area contributed by atoms with Crippen molar-refractivity contribution >= 4 is 11.7 Å². The first-order valence-electron chi connectivity index (χ1n) is 7.89. The van der Waals surface area contributed by atoms with Crippen molar-refractivity contribution in [3.63, 3.8) is 0 Å². The predicted octanol–water partition coefficient (Wildman–Crippen LogP) is 1.89. The lowest BCUT2D eigenvalue weighted by atomic mass is 10.0. The third-order valence-electron chi connectivity index (χ3n) is 4.12. The van der Waals surface area contributed by atoms with Gasteiger partial charge in [0.2, 0.25) is 0 Å². The zero-order chi connectivity index (χ0) is 16.2. The summed E-state index contributed by atoms with van der Waals surface area (Å²) in [7, 11) is 0. The zero-order valence-corrected chi connectivity index (χ0v) is 13.5. The maximum absolute atomic E-state index is 12.4. The van der Waals surface area contributed by atoms with E-state index >= 15 is 0 Å². The molecule has 0 radical (unpaired) electrons. The summed E-state index contributed by atoms with van der Waals surface area (Å²) in [5.41, 5.74) is 2.35. The van der Waals surface area contributed by atoms with Crippen LogP contribution in [0, 0.1) is 13.8 Å². The minimum absolute atomic E-state index is 0.0543. The van der Waals surface area contributed by atoms with E-state index in [1.807, 2.05) is 26.0 Å². The van der Waals surface area contributed by atoms with Crippen LogP contribution in [0.25, 0.3) is 0 Å². The van der Waals surface area contributed by atoms with E-state index in [4.69, 9.17) is 0 Å². The number of aryl methyl sites for hydroxylation is 2. The molecule has 3 heterocycles. The Morgan fingerprint density at radius 1 is 1.30 bits per heavy atom. The molecule has 2 aromatic rings. The summed E-state index contributed by atoms with van der Waals surface area (Å²) in [6, 6.07) is 5.70. The lowest BCUT2D eigenvalue weighted by molar-refractivity contribution is 0.0932. The van der Waals surface area contributed by atoms with Gasteiger partial charge < -0.3 is 10.2 Å². The molecule has 120 valence electrons. The standard InChI is InChI=1S/C17H21N5O/c1-12-9-16(20-11-19-12)22-8-4-5-14(10-22)21-17(23)15-6-3-7-18-13(15)2/h3,6-7,9,11,14H,4-5,8,10H2,1-2H3,(H,21,23). The lowest BCUT2D eigenvalue weighted by Gasteiger charge is -2.34. The second kappa shape index (κ2) is 6.73. The summed E-state index contributed by atoms with van der Waals surface area (Å²) in [5, 5.41) is 3.13. The van der Waals surface area contributed by atoms with Crippen LogP contribution in [0.1, 0.15) is 34.6 Å². The van der Waals surface area contributed by atoms with Crippen LogP contribution in [-0.4, -0.2) is 40.0 Å². The van der Waals surface area contributed by atoms with Gasteiger partial charge in [-0.25, -0.2) is 9.97 Å². The van der Waals surface area contributed by atoms with Gasteiger partial charge in [0.15, 0.2) is 0 Å². The number of amides is 1. The number of nitrogens with one attached hydrogen (secondary N) is 1. The van der Waals surface area contributed by atoms with Crippen molar-refractivity contribution in [2.75, 3.05) is 18.0 Å². The molecule has 1 unspecified atom stereocenters. The molecule has 1 atom stereocenters. The van der Waals surface area contributed by atoms with Crippen LogP contribution in [0.5, 0.6) is 0 Å². The molecule has 1 fully saturated rings. The molecular weight excluding hydrogens is 290 g/mol. The number of rotatable bonds is 3. The number of hydrogen-bond acceptors (Lipinski definition) is 5. The minimum atomic E-state index is -0.0543. The highest BCUT2D eigenvalue weighted by atomic mass is 16.1. The Bertz CT molecular complexity index is 703. The predicted molar refractivity (Wildman–Crippen MR) is 88.4 cm³/mol. The fourth-order valence-electron chi connectivity index (χ4n) is 2.90. The summed E-state index contributed by atoms with van der Waals surface area (Å²) >= 11 is 0. The molecule has 2 aromatic heterocycles. The Kier molecular flexibility index (Phi) is 4.50. The summed E-state index contributed by atoms with van der Waals surface area (Å²) in [5.74, 6) is 0.871. The molecule has 0 spiro atoms. The first-order chi connectivity index (χ1) is 11.1. The maximum atomic E-state index is 12.4. The second-order valence-corrected chi connectivity index (χ2v) is 5.91. The van der Waals surface area contributed by atoms with Crippen molar-refractivity contribution in [3.8, 4) is 0 Å². The van der Waals surface area contributed by atoms with Crippen molar-refractivity contribution in [3.05, 3.63) is 47.7 Å². The van der Waals surface area contributed by atoms with Crippen LogP contribution in [0.2, 0.25) is 0 Å². The van der Waals surface area contributed by atoms with Crippen molar-refractivity contribution in [1.29, 1.82) is 0 Å². The Morgan fingerprint density at radius 3 is 2.96 bits per heavy atom. The third kappa shape index (κ3) is 3.64. The molecule has 0 aromatic carbocycles. The van der Waals surface area contributed by atoms with Crippen molar-refractivity contribution in [1.82, 2.24) is 20.3 Å². The minimum Gasteiger partial charge on any atom is -0.354 e. The van der Waals surface area contributed by atoms with Crippen LogP contribution in [0.15, 0.2) is 30.7 Å². The first-order valence-corrected chi connectivity index (χ1v) is 7.89. The molecule has 23 heavy (non-hydrogen) atoms. The van der Waals surface area contributed by atoms with Crippen LogP contribution in [0.4, 0.5) is 5.82 Å². The van der Waals surface area contributed by atoms with Crippen LogP contribution < -0.4 is 10.2 Å². The van der Waals surface area contributed by atoms with E-state index in [2.05, 4.69) is 25.2 Å². The number of aromatic nitrogens is 3. The van der Waals surface area contributed by atoms with E-state index in [0.29, 0.717) is 5.56 Å². The highest BCUT2D eigenvalue weighted by Crippen LogP contribution is 2.18. The number of piperidine rings is 1. The lowest BCUT2D eigenvalue weighted by Crippen LogP contribution is -2.48. The van der Waals surface area contributed by atoms with Gasteiger partial charge in [-0.3, -0.25) is 9.78 Å². The number of anilines is 1. The van der Waals surface area contributed by atoms with Gasteiger partial charge in [-0.1, -0.05) is 0 Å². The van der Waals surface area contributed by atoms with E-state index in [9.17, 15) is 4.79 Å². The largest absolute Gasteiger partial charge is 0.354 e. The van der Waals surface area contributed by atoms with Gasteiger partial charge >= 0.3 is 0 Å². The molecule has 1 N–H and O–H groups in total. The summed E-state index contributed by atoms with van der Waals surface area (Å²) in [6.07, 6.45) is 5.30. The number of hydrogen-bond donors (Lipinski definition) is 1. The Labute approximate surface area is 136 Å². The molecule has 0 aliphatic carbocycles. The molecular formula is C17H21N5O. The van der Waals surface area contributed by atoms with Crippen LogP contribution in [0.3, 0.4) is 0 Å². The normalized spacial score (nSPS) is 17.8. The van der Waals surface area contributed by atoms with E-state index in [1.165, 1.54) is 0 Å². The molecule has 1 aliphatic heterocycles. The van der Waals surface area contributed by atoms with Crippen LogP contribution in [-0.2, 0) is 0 Å². The monoisotopic (exact) mass is 311 g/mol. The molecule has 3 rings (SSSR count). The average Bonchev–Trinajstić information content (AvgIpc) is 2.55. The van der Waals surface area contributed by atoms with Gasteiger partial charge in [0.05, 0.1) is 5.56 Å². The van der Waals surface area contributed by atoms with Gasteiger partial charge in [-0.2, -0.15) is 0 Å². The van der Waals surface area contributed by atoms with Crippen molar-refractivity contribution in [2.24, 2.45) is 0 Å². The molecule has 1 aliphatic rings. The Balaban J connectivity index is 1.67. The van der Waals surface area contributed by atoms with Gasteiger partial charge in [-0.05, 0) is 38.8 Å². The van der Waals surface area contributed by atoms with E-state index in [1.54, 1.807) is 18.6 Å². The van der Waals surface area contributed by atoms with Crippen molar-refractivity contribution < 1.29 is 4.79 Å². The molecule has 6 heteroatoms. The van der Waals surface area contributed by atoms with Gasteiger partial charge in [-0.15, -0.1) is 0 Å². The SMILES string of the molecule is Cc1cc(N2CCCC(NC(=O)c3cccnc3C)C2)ncn1. The smallest absolute Gasteiger partial charge is 0.253 e. The summed E-state index contributed by atoms with van der Waals surface area (Å²) in [6.45, 7) is 5.53. The zero-order valence-electron chi connectivity index (χ0n) is 13.5. The van der Waals surface area contributed by atoms with Gasteiger partial charge in [0, 0.05) is 42.8 Å². The molecule has 0 bridgehead atoms. The second-order valence-electron chi connectivity index (χ2n) is 5.91.